The SMILES string of the molecule is CC(N(C)c1ccc2nnc(C(C)(C)C)n2n1)C1(C)CC1. The summed E-state index contributed by atoms with van der Waals surface area (Å²) in [6, 6.07) is 4.53. The number of nitrogens with zero attached hydrogens (tertiary/aromatic N) is 5. The molecule has 0 bridgehead atoms. The van der Waals surface area contributed by atoms with Gasteiger partial charge in [-0.15, -0.1) is 15.3 Å². The minimum absolute atomic E-state index is 0.0717. The van der Waals surface area contributed by atoms with E-state index in [-0.39, 0.29) is 5.41 Å². The predicted octanol–water partition coefficient (Wildman–Crippen LogP) is 3.05. The summed E-state index contributed by atoms with van der Waals surface area (Å²) in [5, 5.41) is 13.3. The van der Waals surface area contributed by atoms with Gasteiger partial charge in [-0.05, 0) is 37.3 Å². The van der Waals surface area contributed by atoms with Crippen LogP contribution in [0.15, 0.2) is 12.1 Å². The number of rotatable bonds is 3. The predicted molar refractivity (Wildman–Crippen MR) is 84.7 cm³/mol. The Kier molecular flexibility index (Phi) is 3.01. The van der Waals surface area contributed by atoms with Gasteiger partial charge in [0.15, 0.2) is 11.5 Å². The highest BCUT2D eigenvalue weighted by molar-refractivity contribution is 5.46. The van der Waals surface area contributed by atoms with Gasteiger partial charge in [-0.25, -0.2) is 0 Å². The second kappa shape index (κ2) is 4.42. The Hall–Kier alpha value is -1.65. The molecule has 3 rings (SSSR count). The molecule has 0 spiro atoms. The van der Waals surface area contributed by atoms with Crippen molar-refractivity contribution in [1.82, 2.24) is 19.8 Å². The lowest BCUT2D eigenvalue weighted by Gasteiger charge is -2.31. The maximum Gasteiger partial charge on any atom is 0.178 e. The van der Waals surface area contributed by atoms with Crippen LogP contribution in [0.25, 0.3) is 5.65 Å². The first-order valence-electron chi connectivity index (χ1n) is 7.68. The van der Waals surface area contributed by atoms with Gasteiger partial charge in [0, 0.05) is 18.5 Å². The van der Waals surface area contributed by atoms with Crippen molar-refractivity contribution in [2.24, 2.45) is 5.41 Å². The van der Waals surface area contributed by atoms with Gasteiger partial charge in [-0.3, -0.25) is 0 Å². The van der Waals surface area contributed by atoms with E-state index in [4.69, 9.17) is 5.10 Å². The number of hydrogen-bond acceptors (Lipinski definition) is 4. The van der Waals surface area contributed by atoms with Crippen LogP contribution >= 0.6 is 0 Å². The van der Waals surface area contributed by atoms with Crippen molar-refractivity contribution < 1.29 is 0 Å². The van der Waals surface area contributed by atoms with Crippen LogP contribution in [0.3, 0.4) is 0 Å². The van der Waals surface area contributed by atoms with E-state index >= 15 is 0 Å². The first-order chi connectivity index (χ1) is 9.72. The summed E-state index contributed by atoms with van der Waals surface area (Å²) in [4.78, 5) is 2.28. The topological polar surface area (TPSA) is 46.3 Å². The zero-order valence-corrected chi connectivity index (χ0v) is 13.9. The van der Waals surface area contributed by atoms with Crippen molar-refractivity contribution in [2.45, 2.75) is 58.9 Å². The largest absolute Gasteiger partial charge is 0.355 e. The second-order valence-electron chi connectivity index (χ2n) is 7.68. The van der Waals surface area contributed by atoms with E-state index in [9.17, 15) is 0 Å². The summed E-state index contributed by atoms with van der Waals surface area (Å²) in [7, 11) is 2.13. The van der Waals surface area contributed by atoms with Crippen LogP contribution in [0.4, 0.5) is 5.82 Å². The van der Waals surface area contributed by atoms with E-state index in [1.807, 2.05) is 16.6 Å². The molecule has 0 aromatic carbocycles. The third-order valence-corrected chi connectivity index (χ3v) is 4.91. The molecule has 21 heavy (non-hydrogen) atoms. The van der Waals surface area contributed by atoms with E-state index in [0.717, 1.165) is 17.3 Å². The normalized spacial score (nSPS) is 18.8. The van der Waals surface area contributed by atoms with Crippen molar-refractivity contribution in [3.8, 4) is 0 Å². The third-order valence-electron chi connectivity index (χ3n) is 4.91. The van der Waals surface area contributed by atoms with Crippen LogP contribution in [-0.2, 0) is 5.41 Å². The number of fused-ring (bicyclic) bond motifs is 1. The van der Waals surface area contributed by atoms with Crippen LogP contribution in [-0.4, -0.2) is 32.9 Å². The quantitative estimate of drug-likeness (QED) is 0.870. The summed E-state index contributed by atoms with van der Waals surface area (Å²) >= 11 is 0. The van der Waals surface area contributed by atoms with Gasteiger partial charge in [0.1, 0.15) is 5.82 Å². The highest BCUT2D eigenvalue weighted by atomic mass is 15.4. The van der Waals surface area contributed by atoms with Gasteiger partial charge in [0.25, 0.3) is 0 Å². The summed E-state index contributed by atoms with van der Waals surface area (Å²) in [5.41, 5.74) is 1.17. The van der Waals surface area contributed by atoms with Crippen molar-refractivity contribution >= 4 is 11.5 Å². The highest BCUT2D eigenvalue weighted by Crippen LogP contribution is 2.50. The molecule has 1 fully saturated rings. The molecule has 5 heteroatoms. The molecule has 1 saturated carbocycles. The lowest BCUT2D eigenvalue weighted by atomic mass is 9.96. The standard InChI is InChI=1S/C16H25N5/c1-11(16(5)9-10-16)20(6)13-8-7-12-17-18-14(15(2,3)4)21(12)19-13/h7-8,11H,9-10H2,1-6H3. The molecular weight excluding hydrogens is 262 g/mol. The van der Waals surface area contributed by atoms with Crippen molar-refractivity contribution in [2.75, 3.05) is 11.9 Å². The summed E-state index contributed by atoms with van der Waals surface area (Å²) in [6.45, 7) is 11.0. The molecule has 2 heterocycles. The van der Waals surface area contributed by atoms with Gasteiger partial charge in [-0.2, -0.15) is 4.52 Å². The van der Waals surface area contributed by atoms with E-state index in [1.54, 1.807) is 0 Å². The lowest BCUT2D eigenvalue weighted by Crippen LogP contribution is -2.36. The Bertz CT molecular complexity index is 663. The zero-order chi connectivity index (χ0) is 15.4. The molecule has 5 nitrogen and oxygen atoms in total. The molecule has 114 valence electrons. The van der Waals surface area contributed by atoms with E-state index in [0.29, 0.717) is 11.5 Å². The molecule has 1 unspecified atom stereocenters. The first kappa shape index (κ1) is 14.3. The zero-order valence-electron chi connectivity index (χ0n) is 13.9. The van der Waals surface area contributed by atoms with Gasteiger partial charge in [-0.1, -0.05) is 27.7 Å². The minimum atomic E-state index is -0.0717. The summed E-state index contributed by atoms with van der Waals surface area (Å²) < 4.78 is 1.88. The molecule has 2 aromatic rings. The Morgan fingerprint density at radius 3 is 2.48 bits per heavy atom. The molecular formula is C16H25N5. The second-order valence-corrected chi connectivity index (χ2v) is 7.68. The van der Waals surface area contributed by atoms with E-state index in [1.165, 1.54) is 12.8 Å². The fourth-order valence-corrected chi connectivity index (χ4v) is 2.72. The Morgan fingerprint density at radius 1 is 1.24 bits per heavy atom. The minimum Gasteiger partial charge on any atom is -0.355 e. The van der Waals surface area contributed by atoms with Crippen LogP contribution < -0.4 is 4.90 Å². The first-order valence-corrected chi connectivity index (χ1v) is 7.68. The van der Waals surface area contributed by atoms with E-state index in [2.05, 4.69) is 56.8 Å². The van der Waals surface area contributed by atoms with Crippen LogP contribution in [0.2, 0.25) is 0 Å². The molecule has 0 radical (unpaired) electrons. The van der Waals surface area contributed by atoms with E-state index < -0.39 is 0 Å². The Morgan fingerprint density at radius 2 is 1.90 bits per heavy atom. The Balaban J connectivity index is 2.00. The maximum absolute atomic E-state index is 4.78. The van der Waals surface area contributed by atoms with Crippen LogP contribution in [0.5, 0.6) is 0 Å². The fourth-order valence-electron chi connectivity index (χ4n) is 2.72. The molecule has 1 aliphatic rings. The molecule has 2 aromatic heterocycles. The summed E-state index contributed by atoms with van der Waals surface area (Å²) in [5.74, 6) is 1.88. The van der Waals surface area contributed by atoms with Crippen LogP contribution in [0.1, 0.15) is 53.3 Å². The molecule has 0 amide bonds. The average Bonchev–Trinajstić information content (AvgIpc) is 3.02. The maximum atomic E-state index is 4.78. The van der Waals surface area contributed by atoms with Crippen LogP contribution in [0, 0.1) is 5.41 Å². The monoisotopic (exact) mass is 287 g/mol. The van der Waals surface area contributed by atoms with Crippen molar-refractivity contribution in [3.05, 3.63) is 18.0 Å². The number of aromatic nitrogens is 4. The van der Waals surface area contributed by atoms with Gasteiger partial charge >= 0.3 is 0 Å². The summed E-state index contributed by atoms with van der Waals surface area (Å²) in [6.07, 6.45) is 2.61. The average molecular weight is 287 g/mol. The lowest BCUT2D eigenvalue weighted by molar-refractivity contribution is 0.443. The number of hydrogen-bond donors (Lipinski definition) is 0. The van der Waals surface area contributed by atoms with Gasteiger partial charge < -0.3 is 4.90 Å². The Labute approximate surface area is 126 Å². The number of anilines is 1. The highest BCUT2D eigenvalue weighted by Gasteiger charge is 2.44. The molecule has 1 atom stereocenters. The fraction of sp³-hybridized carbons (Fsp3) is 0.688. The van der Waals surface area contributed by atoms with Gasteiger partial charge in [0.05, 0.1) is 0 Å². The molecule has 0 N–H and O–H groups in total. The molecule has 0 saturated heterocycles. The van der Waals surface area contributed by atoms with Crippen molar-refractivity contribution in [1.29, 1.82) is 0 Å². The molecule has 0 aliphatic heterocycles. The third kappa shape index (κ3) is 2.39. The molecule has 1 aliphatic carbocycles. The van der Waals surface area contributed by atoms with Gasteiger partial charge in [0.2, 0.25) is 0 Å². The van der Waals surface area contributed by atoms with Crippen molar-refractivity contribution in [3.63, 3.8) is 0 Å². The smallest absolute Gasteiger partial charge is 0.178 e.